The highest BCUT2D eigenvalue weighted by Gasteiger charge is 2.09. The van der Waals surface area contributed by atoms with Gasteiger partial charge >= 0.3 is 0 Å². The molecule has 20 heavy (non-hydrogen) atoms. The molecule has 6 heteroatoms. The van der Waals surface area contributed by atoms with Gasteiger partial charge in [-0.15, -0.1) is 0 Å². The number of rotatable bonds is 8. The van der Waals surface area contributed by atoms with E-state index in [9.17, 15) is 0 Å². The van der Waals surface area contributed by atoms with E-state index in [-0.39, 0.29) is 5.84 Å². The van der Waals surface area contributed by atoms with Crippen LogP contribution < -0.4 is 15.8 Å². The van der Waals surface area contributed by atoms with Gasteiger partial charge in [-0.25, -0.2) is 0 Å². The Balaban J connectivity index is 2.72. The Morgan fingerprint density at radius 1 is 1.55 bits per heavy atom. The molecule has 0 fully saturated rings. The summed E-state index contributed by atoms with van der Waals surface area (Å²) in [7, 11) is 1.56. The minimum Gasteiger partial charge on any atom is -0.496 e. The minimum absolute atomic E-state index is 0.0548. The van der Waals surface area contributed by atoms with Crippen molar-refractivity contribution in [1.29, 1.82) is 0 Å². The second kappa shape index (κ2) is 8.71. The minimum atomic E-state index is 0.0548. The molecule has 112 valence electrons. The third kappa shape index (κ3) is 4.94. The topological polar surface area (TPSA) is 79.9 Å². The van der Waals surface area contributed by atoms with Crippen molar-refractivity contribution in [1.82, 2.24) is 5.32 Å². The van der Waals surface area contributed by atoms with Gasteiger partial charge in [-0.2, -0.15) is 11.8 Å². The summed E-state index contributed by atoms with van der Waals surface area (Å²) in [5.74, 6) is 1.80. The predicted octanol–water partition coefficient (Wildman–Crippen LogP) is 2.02. The van der Waals surface area contributed by atoms with E-state index in [1.54, 1.807) is 7.11 Å². The maximum atomic E-state index is 8.80. The van der Waals surface area contributed by atoms with Crippen LogP contribution in [0.3, 0.4) is 0 Å². The summed E-state index contributed by atoms with van der Waals surface area (Å²) in [6.07, 6.45) is 3.24. The standard InChI is InChI=1S/C14H23N3O2S/c1-10(6-7-20-3)16-9-11-4-5-13(19-2)12(8-11)14(15)17-18/h4-5,8,10,16,18H,6-7,9H2,1-3H3,(H2,15,17). The molecular weight excluding hydrogens is 274 g/mol. The Hall–Kier alpha value is -1.40. The largest absolute Gasteiger partial charge is 0.496 e. The molecule has 0 aliphatic heterocycles. The summed E-state index contributed by atoms with van der Waals surface area (Å²) in [6, 6.07) is 6.14. The fraction of sp³-hybridized carbons (Fsp3) is 0.500. The lowest BCUT2D eigenvalue weighted by Crippen LogP contribution is -2.26. The Morgan fingerprint density at radius 3 is 2.90 bits per heavy atom. The van der Waals surface area contributed by atoms with Crippen LogP contribution in [0.1, 0.15) is 24.5 Å². The SMILES string of the molecule is COc1ccc(CNC(C)CCSC)cc1/C(N)=N/O. The smallest absolute Gasteiger partial charge is 0.173 e. The number of oxime groups is 1. The molecule has 0 heterocycles. The Labute approximate surface area is 124 Å². The molecule has 1 atom stereocenters. The van der Waals surface area contributed by atoms with E-state index >= 15 is 0 Å². The van der Waals surface area contributed by atoms with Gasteiger partial charge in [0.15, 0.2) is 5.84 Å². The summed E-state index contributed by atoms with van der Waals surface area (Å²) >= 11 is 1.85. The summed E-state index contributed by atoms with van der Waals surface area (Å²) in [6.45, 7) is 2.91. The van der Waals surface area contributed by atoms with Gasteiger partial charge in [0.1, 0.15) is 5.75 Å². The molecule has 0 aliphatic carbocycles. The van der Waals surface area contributed by atoms with E-state index in [0.717, 1.165) is 24.3 Å². The number of ether oxygens (including phenoxy) is 1. The normalized spacial score (nSPS) is 13.2. The van der Waals surface area contributed by atoms with Crippen LogP contribution >= 0.6 is 11.8 Å². The zero-order valence-electron chi connectivity index (χ0n) is 12.2. The number of hydrogen-bond acceptors (Lipinski definition) is 5. The monoisotopic (exact) mass is 297 g/mol. The van der Waals surface area contributed by atoms with E-state index < -0.39 is 0 Å². The molecule has 0 spiro atoms. The van der Waals surface area contributed by atoms with E-state index in [0.29, 0.717) is 17.4 Å². The molecule has 1 aromatic rings. The molecule has 1 unspecified atom stereocenters. The first-order valence-electron chi connectivity index (χ1n) is 6.49. The van der Waals surface area contributed by atoms with Crippen molar-refractivity contribution in [3.63, 3.8) is 0 Å². The summed E-state index contributed by atoms with van der Waals surface area (Å²) in [5.41, 5.74) is 7.33. The number of thioether (sulfide) groups is 1. The first-order chi connectivity index (χ1) is 9.62. The summed E-state index contributed by atoms with van der Waals surface area (Å²) in [5, 5.41) is 15.3. The fourth-order valence-corrected chi connectivity index (χ4v) is 2.40. The number of methoxy groups -OCH3 is 1. The van der Waals surface area contributed by atoms with Crippen molar-refractivity contribution < 1.29 is 9.94 Å². The zero-order valence-corrected chi connectivity index (χ0v) is 13.0. The van der Waals surface area contributed by atoms with Crippen molar-refractivity contribution in [2.45, 2.75) is 25.9 Å². The zero-order chi connectivity index (χ0) is 15.0. The van der Waals surface area contributed by atoms with Crippen LogP contribution in [-0.2, 0) is 6.54 Å². The average molecular weight is 297 g/mol. The second-order valence-corrected chi connectivity index (χ2v) is 5.57. The van der Waals surface area contributed by atoms with Gasteiger partial charge in [-0.1, -0.05) is 11.2 Å². The Kier molecular flexibility index (Phi) is 7.25. The van der Waals surface area contributed by atoms with Crippen LogP contribution in [0, 0.1) is 0 Å². The first-order valence-corrected chi connectivity index (χ1v) is 7.88. The molecule has 0 amide bonds. The third-order valence-electron chi connectivity index (χ3n) is 3.06. The van der Waals surface area contributed by atoms with Gasteiger partial charge in [0, 0.05) is 12.6 Å². The van der Waals surface area contributed by atoms with Crippen molar-refractivity contribution >= 4 is 17.6 Å². The molecular formula is C14H23N3O2S. The molecule has 1 rings (SSSR count). The average Bonchev–Trinajstić information content (AvgIpc) is 2.49. The lowest BCUT2D eigenvalue weighted by molar-refractivity contribution is 0.318. The quantitative estimate of drug-likeness (QED) is 0.296. The summed E-state index contributed by atoms with van der Waals surface area (Å²) in [4.78, 5) is 0. The maximum absolute atomic E-state index is 8.80. The van der Waals surface area contributed by atoms with Crippen molar-refractivity contribution in [2.24, 2.45) is 10.9 Å². The molecule has 1 aromatic carbocycles. The molecule has 0 bridgehead atoms. The number of nitrogens with one attached hydrogen (secondary N) is 1. The maximum Gasteiger partial charge on any atom is 0.173 e. The first kappa shape index (κ1) is 16.7. The van der Waals surface area contributed by atoms with Crippen LogP contribution in [0.15, 0.2) is 23.4 Å². The fourth-order valence-electron chi connectivity index (χ4n) is 1.81. The van der Waals surface area contributed by atoms with Gasteiger partial charge in [-0.3, -0.25) is 0 Å². The third-order valence-corrected chi connectivity index (χ3v) is 3.70. The number of benzene rings is 1. The highest BCUT2D eigenvalue weighted by molar-refractivity contribution is 7.98. The Bertz CT molecular complexity index is 452. The molecule has 0 radical (unpaired) electrons. The van der Waals surface area contributed by atoms with Gasteiger partial charge in [0.2, 0.25) is 0 Å². The number of nitrogens with two attached hydrogens (primary N) is 1. The molecule has 0 aromatic heterocycles. The number of nitrogens with zero attached hydrogens (tertiary/aromatic N) is 1. The highest BCUT2D eigenvalue weighted by atomic mass is 32.2. The van der Waals surface area contributed by atoms with E-state index in [1.165, 1.54) is 0 Å². The second-order valence-electron chi connectivity index (χ2n) is 4.58. The summed E-state index contributed by atoms with van der Waals surface area (Å²) < 4.78 is 5.21. The van der Waals surface area contributed by atoms with Gasteiger partial charge in [0.25, 0.3) is 0 Å². The van der Waals surface area contributed by atoms with Crippen molar-refractivity contribution in [3.8, 4) is 5.75 Å². The molecule has 5 nitrogen and oxygen atoms in total. The van der Waals surface area contributed by atoms with Crippen LogP contribution in [0.25, 0.3) is 0 Å². The lowest BCUT2D eigenvalue weighted by atomic mass is 10.1. The van der Waals surface area contributed by atoms with Gasteiger partial charge in [-0.05, 0) is 43.0 Å². The van der Waals surface area contributed by atoms with Crippen molar-refractivity contribution in [2.75, 3.05) is 19.1 Å². The molecule has 0 saturated heterocycles. The molecule has 0 aliphatic rings. The lowest BCUT2D eigenvalue weighted by Gasteiger charge is -2.14. The predicted molar refractivity (Wildman–Crippen MR) is 84.8 cm³/mol. The van der Waals surface area contributed by atoms with Crippen molar-refractivity contribution in [3.05, 3.63) is 29.3 Å². The Morgan fingerprint density at radius 2 is 2.30 bits per heavy atom. The van der Waals surface area contributed by atoms with E-state index in [2.05, 4.69) is 23.7 Å². The molecule has 0 saturated carbocycles. The number of amidine groups is 1. The van der Waals surface area contributed by atoms with Gasteiger partial charge < -0.3 is 21.0 Å². The van der Waals surface area contributed by atoms with E-state index in [1.807, 2.05) is 30.0 Å². The molecule has 4 N–H and O–H groups in total. The van der Waals surface area contributed by atoms with E-state index in [4.69, 9.17) is 15.7 Å². The number of hydrogen-bond donors (Lipinski definition) is 3. The van der Waals surface area contributed by atoms with Crippen LogP contribution in [-0.4, -0.2) is 36.2 Å². The van der Waals surface area contributed by atoms with Crippen LogP contribution in [0.4, 0.5) is 0 Å². The van der Waals surface area contributed by atoms with Crippen LogP contribution in [0.5, 0.6) is 5.75 Å². The highest BCUT2D eigenvalue weighted by Crippen LogP contribution is 2.19. The van der Waals surface area contributed by atoms with Gasteiger partial charge in [0.05, 0.1) is 12.7 Å². The van der Waals surface area contributed by atoms with Crippen LogP contribution in [0.2, 0.25) is 0 Å².